The SMILES string of the molecule is C[C@@H](C(=O)N(C)Cc1noc(C2CCC2)n1)N1CCc2ccccc2C1. The van der Waals surface area contributed by atoms with Gasteiger partial charge in [0.2, 0.25) is 11.8 Å². The molecule has 6 heteroatoms. The van der Waals surface area contributed by atoms with Crippen LogP contribution in [0.2, 0.25) is 0 Å². The molecule has 2 heterocycles. The first-order valence-corrected chi connectivity index (χ1v) is 9.50. The summed E-state index contributed by atoms with van der Waals surface area (Å²) in [5.41, 5.74) is 2.72. The number of benzene rings is 1. The molecule has 138 valence electrons. The molecule has 1 aliphatic heterocycles. The molecule has 1 saturated carbocycles. The second-order valence-electron chi connectivity index (χ2n) is 7.54. The molecule has 1 amide bonds. The highest BCUT2D eigenvalue weighted by molar-refractivity contribution is 5.81. The normalized spacial score (nSPS) is 18.8. The summed E-state index contributed by atoms with van der Waals surface area (Å²) >= 11 is 0. The number of aromatic nitrogens is 2. The number of likely N-dealkylation sites (N-methyl/N-ethyl adjacent to an activating group) is 1. The molecule has 1 aliphatic carbocycles. The van der Waals surface area contributed by atoms with E-state index in [0.717, 1.165) is 38.2 Å². The standard InChI is InChI=1S/C20H26N4O2/c1-14(24-11-10-15-6-3-4-7-17(15)12-24)20(25)23(2)13-18-21-19(26-22-18)16-8-5-9-16/h3-4,6-7,14,16H,5,8-13H2,1-2H3/t14-/m0/s1. The van der Waals surface area contributed by atoms with Gasteiger partial charge >= 0.3 is 0 Å². The van der Waals surface area contributed by atoms with Crippen LogP contribution in [0.25, 0.3) is 0 Å². The summed E-state index contributed by atoms with van der Waals surface area (Å²) < 4.78 is 5.36. The monoisotopic (exact) mass is 354 g/mol. The van der Waals surface area contributed by atoms with Crippen molar-refractivity contribution in [1.82, 2.24) is 19.9 Å². The number of carbonyl (C=O) groups is 1. The summed E-state index contributed by atoms with van der Waals surface area (Å²) in [5.74, 6) is 1.84. The van der Waals surface area contributed by atoms with Crippen molar-refractivity contribution in [3.05, 3.63) is 47.1 Å². The minimum Gasteiger partial charge on any atom is -0.339 e. The molecule has 4 rings (SSSR count). The second kappa shape index (κ2) is 7.19. The third kappa shape index (κ3) is 3.38. The van der Waals surface area contributed by atoms with Crippen molar-refractivity contribution in [2.24, 2.45) is 0 Å². The summed E-state index contributed by atoms with van der Waals surface area (Å²) in [5, 5.41) is 4.05. The molecule has 0 N–H and O–H groups in total. The van der Waals surface area contributed by atoms with Crippen molar-refractivity contribution >= 4 is 5.91 Å². The van der Waals surface area contributed by atoms with E-state index in [2.05, 4.69) is 39.3 Å². The van der Waals surface area contributed by atoms with Crippen LogP contribution < -0.4 is 0 Å². The number of fused-ring (bicyclic) bond motifs is 1. The Morgan fingerprint density at radius 1 is 1.35 bits per heavy atom. The van der Waals surface area contributed by atoms with Crippen molar-refractivity contribution < 1.29 is 9.32 Å². The maximum Gasteiger partial charge on any atom is 0.239 e. The highest BCUT2D eigenvalue weighted by Gasteiger charge is 2.29. The summed E-state index contributed by atoms with van der Waals surface area (Å²) in [6.45, 7) is 4.11. The zero-order valence-corrected chi connectivity index (χ0v) is 15.5. The molecule has 2 aliphatic rings. The summed E-state index contributed by atoms with van der Waals surface area (Å²) in [6.07, 6.45) is 4.48. The fraction of sp³-hybridized carbons (Fsp3) is 0.550. The molecule has 0 spiro atoms. The molecular weight excluding hydrogens is 328 g/mol. The zero-order chi connectivity index (χ0) is 18.1. The molecular formula is C20H26N4O2. The molecule has 1 aromatic carbocycles. The van der Waals surface area contributed by atoms with E-state index in [1.165, 1.54) is 17.5 Å². The lowest BCUT2D eigenvalue weighted by Gasteiger charge is -2.34. The number of nitrogens with zero attached hydrogens (tertiary/aromatic N) is 4. The van der Waals surface area contributed by atoms with Crippen LogP contribution in [0.3, 0.4) is 0 Å². The minimum atomic E-state index is -0.161. The Morgan fingerprint density at radius 2 is 2.12 bits per heavy atom. The van der Waals surface area contributed by atoms with Crippen LogP contribution >= 0.6 is 0 Å². The quantitative estimate of drug-likeness (QED) is 0.826. The molecule has 0 radical (unpaired) electrons. The van der Waals surface area contributed by atoms with Crippen molar-refractivity contribution in [1.29, 1.82) is 0 Å². The fourth-order valence-electron chi connectivity index (χ4n) is 3.77. The van der Waals surface area contributed by atoms with Gasteiger partial charge in [0.25, 0.3) is 0 Å². The van der Waals surface area contributed by atoms with E-state index < -0.39 is 0 Å². The van der Waals surface area contributed by atoms with Gasteiger partial charge in [0.15, 0.2) is 5.82 Å². The van der Waals surface area contributed by atoms with Crippen LogP contribution in [0.5, 0.6) is 0 Å². The summed E-state index contributed by atoms with van der Waals surface area (Å²) in [4.78, 5) is 21.3. The first-order valence-electron chi connectivity index (χ1n) is 9.50. The highest BCUT2D eigenvalue weighted by atomic mass is 16.5. The van der Waals surface area contributed by atoms with Crippen LogP contribution in [-0.4, -0.2) is 45.5 Å². The molecule has 6 nitrogen and oxygen atoms in total. The topological polar surface area (TPSA) is 62.5 Å². The number of carbonyl (C=O) groups excluding carboxylic acids is 1. The lowest BCUT2D eigenvalue weighted by molar-refractivity contribution is -0.136. The van der Waals surface area contributed by atoms with Gasteiger partial charge in [0.1, 0.15) is 0 Å². The third-order valence-corrected chi connectivity index (χ3v) is 5.76. The fourth-order valence-corrected chi connectivity index (χ4v) is 3.77. The van der Waals surface area contributed by atoms with Gasteiger partial charge in [-0.1, -0.05) is 35.8 Å². The lowest BCUT2D eigenvalue weighted by atomic mass is 9.85. The van der Waals surface area contributed by atoms with Gasteiger partial charge in [-0.3, -0.25) is 9.69 Å². The van der Waals surface area contributed by atoms with Crippen molar-refractivity contribution in [3.63, 3.8) is 0 Å². The molecule has 1 fully saturated rings. The Bertz CT molecular complexity index is 784. The maximum atomic E-state index is 12.9. The molecule has 0 bridgehead atoms. The molecule has 2 aromatic rings. The van der Waals surface area contributed by atoms with E-state index in [1.807, 2.05) is 14.0 Å². The Kier molecular flexibility index (Phi) is 4.76. The molecule has 0 unspecified atom stereocenters. The minimum absolute atomic E-state index is 0.0966. The van der Waals surface area contributed by atoms with Gasteiger partial charge < -0.3 is 9.42 Å². The Morgan fingerprint density at radius 3 is 2.85 bits per heavy atom. The maximum absolute atomic E-state index is 12.9. The first-order chi connectivity index (χ1) is 12.6. The highest BCUT2D eigenvalue weighted by Crippen LogP contribution is 2.35. The average Bonchev–Trinajstić information content (AvgIpc) is 3.06. The van der Waals surface area contributed by atoms with Crippen LogP contribution in [0.15, 0.2) is 28.8 Å². The lowest BCUT2D eigenvalue weighted by Crippen LogP contribution is -2.47. The summed E-state index contributed by atoms with van der Waals surface area (Å²) in [6, 6.07) is 8.33. The Hall–Kier alpha value is -2.21. The zero-order valence-electron chi connectivity index (χ0n) is 15.5. The number of amides is 1. The van der Waals surface area contributed by atoms with Gasteiger partial charge in [0, 0.05) is 26.1 Å². The van der Waals surface area contributed by atoms with Crippen LogP contribution in [0, 0.1) is 0 Å². The van der Waals surface area contributed by atoms with Crippen LogP contribution in [0.4, 0.5) is 0 Å². The Balaban J connectivity index is 1.36. The number of hydrogen-bond acceptors (Lipinski definition) is 5. The number of hydrogen-bond donors (Lipinski definition) is 0. The largest absolute Gasteiger partial charge is 0.339 e. The van der Waals surface area contributed by atoms with E-state index >= 15 is 0 Å². The smallest absolute Gasteiger partial charge is 0.239 e. The van der Waals surface area contributed by atoms with Crippen molar-refractivity contribution in [3.8, 4) is 0 Å². The Labute approximate surface area is 154 Å². The van der Waals surface area contributed by atoms with Gasteiger partial charge in [-0.05, 0) is 37.3 Å². The van der Waals surface area contributed by atoms with E-state index in [0.29, 0.717) is 18.3 Å². The molecule has 0 saturated heterocycles. The predicted octanol–water partition coefficient (Wildman–Crippen LogP) is 2.74. The average molecular weight is 354 g/mol. The van der Waals surface area contributed by atoms with E-state index in [4.69, 9.17) is 4.52 Å². The predicted molar refractivity (Wildman–Crippen MR) is 97.4 cm³/mol. The van der Waals surface area contributed by atoms with E-state index in [1.54, 1.807) is 4.90 Å². The van der Waals surface area contributed by atoms with Crippen LogP contribution in [0.1, 0.15) is 54.9 Å². The van der Waals surface area contributed by atoms with Gasteiger partial charge in [-0.15, -0.1) is 0 Å². The van der Waals surface area contributed by atoms with E-state index in [-0.39, 0.29) is 11.9 Å². The summed E-state index contributed by atoms with van der Waals surface area (Å²) in [7, 11) is 1.82. The number of rotatable bonds is 5. The van der Waals surface area contributed by atoms with Crippen molar-refractivity contribution in [2.45, 2.75) is 57.7 Å². The molecule has 1 aromatic heterocycles. The molecule has 26 heavy (non-hydrogen) atoms. The van der Waals surface area contributed by atoms with E-state index in [9.17, 15) is 4.79 Å². The van der Waals surface area contributed by atoms with Crippen molar-refractivity contribution in [2.75, 3.05) is 13.6 Å². The van der Waals surface area contributed by atoms with Gasteiger partial charge in [-0.25, -0.2) is 0 Å². The van der Waals surface area contributed by atoms with Gasteiger partial charge in [0.05, 0.1) is 12.6 Å². The molecule has 1 atom stereocenters. The third-order valence-electron chi connectivity index (χ3n) is 5.76. The second-order valence-corrected chi connectivity index (χ2v) is 7.54. The first kappa shape index (κ1) is 17.2. The van der Waals surface area contributed by atoms with Gasteiger partial charge in [-0.2, -0.15) is 4.98 Å². The van der Waals surface area contributed by atoms with Crippen LogP contribution in [-0.2, 0) is 24.3 Å².